The maximum absolute atomic E-state index is 13.9. The van der Waals surface area contributed by atoms with Crippen molar-refractivity contribution in [2.45, 2.75) is 465 Å². The molecule has 4 N–H and O–H groups in total. The summed E-state index contributed by atoms with van der Waals surface area (Å²) < 4.78 is 39.4. The number of unbranched alkanes of at least 4 members (excludes halogenated alkanes) is 56. The van der Waals surface area contributed by atoms with Crippen LogP contribution < -0.4 is 49.7 Å². The minimum atomic E-state index is -0.257. The van der Waals surface area contributed by atoms with Gasteiger partial charge < -0.3 is 49.7 Å². The highest BCUT2D eigenvalue weighted by Gasteiger charge is 2.22. The number of carbonyl (C=O) groups excluding carboxylic acids is 4. The van der Waals surface area contributed by atoms with Crippen molar-refractivity contribution in [3.05, 3.63) is 35.4 Å². The van der Waals surface area contributed by atoms with E-state index in [-0.39, 0.29) is 36.7 Å². The van der Waals surface area contributed by atoms with E-state index < -0.39 is 0 Å². The number of ether oxygens (including phenoxy) is 6. The van der Waals surface area contributed by atoms with Crippen LogP contribution in [0.15, 0.2) is 24.3 Å². The highest BCUT2D eigenvalue weighted by Crippen LogP contribution is 2.42. The van der Waals surface area contributed by atoms with Crippen molar-refractivity contribution in [3.8, 4) is 58.2 Å². The van der Waals surface area contributed by atoms with Gasteiger partial charge in [0.25, 0.3) is 11.8 Å². The van der Waals surface area contributed by atoms with Gasteiger partial charge >= 0.3 is 0 Å². The van der Waals surface area contributed by atoms with Gasteiger partial charge in [-0.15, -0.1) is 0 Å². The summed E-state index contributed by atoms with van der Waals surface area (Å²) >= 11 is 0. The SMILES string of the molecule is CCCCCCCCCCCCOc1cc(C(=O)NCCNC(=O)CCCC#CC#CCCCC(=O)NCCNC(=O)c2cc(OCCCCCCCCCCCC)c(OCCCCCCCCCCCC)c(OCCCCCCCCCCCC)c2)cc(OCCCCCCCCCCCC)c1OCCCCCCCCCCCC. The molecule has 0 aliphatic rings. The van der Waals surface area contributed by atoms with Gasteiger partial charge in [-0.1, -0.05) is 400 Å². The summed E-state index contributed by atoms with van der Waals surface area (Å²) in [5, 5.41) is 12.0. The van der Waals surface area contributed by atoms with Crippen molar-refractivity contribution in [2.24, 2.45) is 0 Å². The molecule has 2 aromatic rings. The van der Waals surface area contributed by atoms with E-state index in [1.54, 1.807) is 0 Å². The van der Waals surface area contributed by atoms with Gasteiger partial charge in [-0.25, -0.2) is 0 Å². The fourth-order valence-electron chi connectivity index (χ4n) is 14.8. The zero-order valence-corrected chi connectivity index (χ0v) is 76.1. The molecule has 666 valence electrons. The van der Waals surface area contributed by atoms with Crippen LogP contribution in [0.5, 0.6) is 34.5 Å². The summed E-state index contributed by atoms with van der Waals surface area (Å²) in [7, 11) is 0. The van der Waals surface area contributed by atoms with E-state index in [0.717, 1.165) is 77.0 Å². The average Bonchev–Trinajstić information content (AvgIpc) is 0.821. The number of hydrogen-bond acceptors (Lipinski definition) is 10. The lowest BCUT2D eigenvalue weighted by atomic mass is 10.1. The van der Waals surface area contributed by atoms with Gasteiger partial charge in [0.1, 0.15) is 0 Å². The Bertz CT molecular complexity index is 2470. The van der Waals surface area contributed by atoms with E-state index in [4.69, 9.17) is 28.4 Å². The highest BCUT2D eigenvalue weighted by molar-refractivity contribution is 5.96. The Labute approximate surface area is 713 Å². The van der Waals surface area contributed by atoms with Gasteiger partial charge in [0.15, 0.2) is 23.0 Å². The zero-order chi connectivity index (χ0) is 83.4. The molecular formula is C102H178N4O10. The van der Waals surface area contributed by atoms with Gasteiger partial charge in [0, 0.05) is 63.0 Å². The molecular weight excluding hydrogens is 1440 g/mol. The summed E-state index contributed by atoms with van der Waals surface area (Å²) in [6.45, 7) is 18.0. The predicted molar refractivity (Wildman–Crippen MR) is 491 cm³/mol. The largest absolute Gasteiger partial charge is 0.490 e. The van der Waals surface area contributed by atoms with E-state index in [1.807, 2.05) is 24.3 Å². The number of rotatable bonds is 86. The molecule has 0 aliphatic carbocycles. The summed E-state index contributed by atoms with van der Waals surface area (Å²) in [6, 6.07) is 7.25. The van der Waals surface area contributed by atoms with E-state index >= 15 is 0 Å². The molecule has 2 aromatic carbocycles. The van der Waals surface area contributed by atoms with Crippen LogP contribution in [0.2, 0.25) is 0 Å². The molecule has 0 aliphatic heterocycles. The van der Waals surface area contributed by atoms with Crippen molar-refractivity contribution >= 4 is 23.6 Å². The van der Waals surface area contributed by atoms with Crippen molar-refractivity contribution in [1.29, 1.82) is 0 Å². The second-order valence-electron chi connectivity index (χ2n) is 33.3. The molecule has 14 heteroatoms. The molecule has 0 aromatic heterocycles. The third-order valence-corrected chi connectivity index (χ3v) is 22.2. The fraction of sp³-hybridized carbons (Fsp3) is 0.804. The number of nitrogens with one attached hydrogen (secondary N) is 4. The Hall–Kier alpha value is -5.76. The topological polar surface area (TPSA) is 172 Å². The van der Waals surface area contributed by atoms with Gasteiger partial charge in [0.2, 0.25) is 23.3 Å². The Morgan fingerprint density at radius 3 is 0.621 bits per heavy atom. The molecule has 0 unspecified atom stereocenters. The van der Waals surface area contributed by atoms with Crippen LogP contribution in [0.3, 0.4) is 0 Å². The lowest BCUT2D eigenvalue weighted by molar-refractivity contribution is -0.121. The maximum Gasteiger partial charge on any atom is 0.251 e. The molecule has 0 spiro atoms. The van der Waals surface area contributed by atoms with Crippen LogP contribution in [0.25, 0.3) is 0 Å². The van der Waals surface area contributed by atoms with E-state index in [0.29, 0.717) is 137 Å². The molecule has 0 bridgehead atoms. The van der Waals surface area contributed by atoms with Crippen molar-refractivity contribution in [2.75, 3.05) is 65.8 Å². The molecule has 116 heavy (non-hydrogen) atoms. The third kappa shape index (κ3) is 64.2. The van der Waals surface area contributed by atoms with Crippen LogP contribution in [0.1, 0.15) is 486 Å². The summed E-state index contributed by atoms with van der Waals surface area (Å²) in [4.78, 5) is 53.7. The standard InChI is InChI=1S/C102H178N4O10/c1-7-13-19-25-31-37-45-53-61-69-81-111-93-87-91(88-94(112-82-70-62-54-46-38-32-26-20-14-8-2)99(93)115-85-73-65-57-49-41-35-29-23-17-11-5)101(109)105-79-77-103-97(107)75-67-59-51-43-44-52-60-68-76-98(108)104-78-80-106-102(110)92-89-95(113-83-71-63-55-47-39-33-27-21-15-9-3)100(116-86-74-66-58-50-42-36-30-24-18-12-6)96(90-92)114-84-72-64-56-48-40-34-28-22-16-10-4/h87-90H,7-42,45-50,53-86H2,1-6H3,(H,103,107)(H,104,108)(H,105,109)(H,106,110). The first kappa shape index (κ1) is 106. The van der Waals surface area contributed by atoms with Crippen LogP contribution in [0, 0.1) is 23.7 Å². The molecule has 0 saturated heterocycles. The number of amides is 4. The lowest BCUT2D eigenvalue weighted by Crippen LogP contribution is -2.34. The van der Waals surface area contributed by atoms with E-state index in [9.17, 15) is 19.2 Å². The van der Waals surface area contributed by atoms with Crippen LogP contribution in [-0.2, 0) is 9.59 Å². The second kappa shape index (κ2) is 82.9. The zero-order valence-electron chi connectivity index (χ0n) is 76.1. The van der Waals surface area contributed by atoms with E-state index in [1.165, 1.54) is 308 Å². The van der Waals surface area contributed by atoms with Gasteiger partial charge in [0.05, 0.1) is 39.6 Å². The molecule has 2 rings (SSSR count). The van der Waals surface area contributed by atoms with Crippen molar-refractivity contribution in [3.63, 3.8) is 0 Å². The minimum absolute atomic E-state index is 0.102. The normalized spacial score (nSPS) is 11.1. The summed E-state index contributed by atoms with van der Waals surface area (Å²) in [6.07, 6.45) is 77.2. The average molecular weight is 1620 g/mol. The van der Waals surface area contributed by atoms with E-state index in [2.05, 4.69) is 86.5 Å². The second-order valence-corrected chi connectivity index (χ2v) is 33.3. The van der Waals surface area contributed by atoms with Gasteiger partial charge in [-0.3, -0.25) is 19.2 Å². The Balaban J connectivity index is 1.98. The van der Waals surface area contributed by atoms with Crippen LogP contribution in [0.4, 0.5) is 0 Å². The molecule has 14 nitrogen and oxygen atoms in total. The van der Waals surface area contributed by atoms with Crippen LogP contribution in [-0.4, -0.2) is 89.4 Å². The number of hydrogen-bond donors (Lipinski definition) is 4. The minimum Gasteiger partial charge on any atom is -0.490 e. The number of carbonyl (C=O) groups is 4. The molecule has 4 amide bonds. The summed E-state index contributed by atoms with van der Waals surface area (Å²) in [5.41, 5.74) is 0.893. The Morgan fingerprint density at radius 1 is 0.233 bits per heavy atom. The first-order valence-electron chi connectivity index (χ1n) is 49.4. The van der Waals surface area contributed by atoms with Gasteiger partial charge in [-0.05, 0) is 87.5 Å². The lowest BCUT2D eigenvalue weighted by Gasteiger charge is -2.19. The van der Waals surface area contributed by atoms with Crippen molar-refractivity contribution < 1.29 is 47.6 Å². The first-order valence-corrected chi connectivity index (χ1v) is 49.4. The van der Waals surface area contributed by atoms with Crippen LogP contribution >= 0.6 is 0 Å². The predicted octanol–water partition coefficient (Wildman–Crippen LogP) is 28.2. The van der Waals surface area contributed by atoms with Crippen molar-refractivity contribution in [1.82, 2.24) is 21.3 Å². The Kier molecular flexibility index (Phi) is 76.0. The first-order chi connectivity index (χ1) is 57.2. The molecule has 0 atom stereocenters. The molecule has 0 saturated carbocycles. The fourth-order valence-corrected chi connectivity index (χ4v) is 14.8. The van der Waals surface area contributed by atoms with Gasteiger partial charge in [-0.2, -0.15) is 0 Å². The molecule has 0 fully saturated rings. The third-order valence-electron chi connectivity index (χ3n) is 22.2. The smallest absolute Gasteiger partial charge is 0.251 e. The molecule has 0 radical (unpaired) electrons. The quantitative estimate of drug-likeness (QED) is 0.0369. The monoisotopic (exact) mass is 1620 g/mol. The highest BCUT2D eigenvalue weighted by atomic mass is 16.5. The Morgan fingerprint density at radius 2 is 0.414 bits per heavy atom. The maximum atomic E-state index is 13.9. The number of benzene rings is 2. The summed E-state index contributed by atoms with van der Waals surface area (Å²) in [5.74, 6) is 14.6. The molecule has 0 heterocycles.